The molecule has 2 atom stereocenters. The van der Waals surface area contributed by atoms with Gasteiger partial charge in [0.05, 0.1) is 11.1 Å². The number of nitrogens with one attached hydrogen (secondary N) is 1. The van der Waals surface area contributed by atoms with Crippen molar-refractivity contribution in [1.82, 2.24) is 5.32 Å². The van der Waals surface area contributed by atoms with Crippen LogP contribution in [0.2, 0.25) is 0 Å². The van der Waals surface area contributed by atoms with Gasteiger partial charge in [0.2, 0.25) is 0 Å². The smallest absolute Gasteiger partial charge is 0.183 e. The first-order valence-corrected chi connectivity index (χ1v) is 8.51. The van der Waals surface area contributed by atoms with Crippen molar-refractivity contribution in [3.63, 3.8) is 0 Å². The van der Waals surface area contributed by atoms with Gasteiger partial charge in [-0.2, -0.15) is 0 Å². The van der Waals surface area contributed by atoms with Gasteiger partial charge in [-0.25, -0.2) is 5.32 Å². The van der Waals surface area contributed by atoms with Crippen LogP contribution in [-0.4, -0.2) is 0 Å². The summed E-state index contributed by atoms with van der Waals surface area (Å²) in [6, 6.07) is 25.1. The molecule has 0 saturated carbocycles. The van der Waals surface area contributed by atoms with Crippen LogP contribution in [0.3, 0.4) is 0 Å². The van der Waals surface area contributed by atoms with Gasteiger partial charge in [-0.15, -0.1) is 0 Å². The maximum Gasteiger partial charge on any atom is 0.183 e. The molecule has 120 valence electrons. The summed E-state index contributed by atoms with van der Waals surface area (Å²) < 4.78 is 12.8. The number of hydrogen-bond donors (Lipinski definition) is 1. The summed E-state index contributed by atoms with van der Waals surface area (Å²) in [5, 5.41) is 8.07. The summed E-state index contributed by atoms with van der Waals surface area (Å²) in [6.45, 7) is 0. The van der Waals surface area contributed by atoms with Crippen molar-refractivity contribution < 1.29 is 9.47 Å². The monoisotopic (exact) mass is 325 g/mol. The molecule has 0 aromatic heterocycles. The van der Waals surface area contributed by atoms with Gasteiger partial charge < -0.3 is 9.47 Å². The lowest BCUT2D eigenvalue weighted by atomic mass is 9.98. The summed E-state index contributed by atoms with van der Waals surface area (Å²) in [5.74, 6) is 1.84. The standard InChI is InChI=1S/C22H15NO2/c1-3-7-15-13(5-1)9-11-17-19(15)24-22-18-12-10-14-6-2-4-8-16(14)20(18)25-21(17)23-22/h1-12,21-23H. The normalized spacial score (nSPS) is 20.5. The zero-order valence-electron chi connectivity index (χ0n) is 13.4. The van der Waals surface area contributed by atoms with E-state index in [0.29, 0.717) is 0 Å². The van der Waals surface area contributed by atoms with E-state index in [1.54, 1.807) is 0 Å². The lowest BCUT2D eigenvalue weighted by Crippen LogP contribution is -2.41. The van der Waals surface area contributed by atoms with Gasteiger partial charge >= 0.3 is 0 Å². The Balaban J connectivity index is 1.59. The first-order chi connectivity index (χ1) is 12.4. The third-order valence-electron chi connectivity index (χ3n) is 5.16. The Bertz CT molecular complexity index is 1060. The van der Waals surface area contributed by atoms with Crippen LogP contribution in [0.4, 0.5) is 0 Å². The van der Waals surface area contributed by atoms with Crippen LogP contribution in [0.1, 0.15) is 23.6 Å². The first-order valence-electron chi connectivity index (χ1n) is 8.51. The van der Waals surface area contributed by atoms with Crippen LogP contribution >= 0.6 is 0 Å². The molecular weight excluding hydrogens is 310 g/mol. The molecule has 0 fully saturated rings. The highest BCUT2D eigenvalue weighted by Gasteiger charge is 2.37. The van der Waals surface area contributed by atoms with Gasteiger partial charge in [0, 0.05) is 10.8 Å². The Morgan fingerprint density at radius 2 is 1.04 bits per heavy atom. The zero-order chi connectivity index (χ0) is 16.4. The van der Waals surface area contributed by atoms with Gasteiger partial charge in [-0.3, -0.25) is 0 Å². The summed E-state index contributed by atoms with van der Waals surface area (Å²) in [7, 11) is 0. The van der Waals surface area contributed by atoms with E-state index in [-0.39, 0.29) is 12.5 Å². The van der Waals surface area contributed by atoms with E-state index in [9.17, 15) is 0 Å². The van der Waals surface area contributed by atoms with Crippen LogP contribution in [0.15, 0.2) is 72.8 Å². The predicted molar refractivity (Wildman–Crippen MR) is 97.8 cm³/mol. The van der Waals surface area contributed by atoms with Crippen LogP contribution in [0, 0.1) is 0 Å². The summed E-state index contributed by atoms with van der Waals surface area (Å²) in [6.07, 6.45) is -0.395. The number of ether oxygens (including phenoxy) is 2. The van der Waals surface area contributed by atoms with E-state index in [4.69, 9.17) is 9.47 Å². The molecule has 1 N–H and O–H groups in total. The molecule has 4 aromatic rings. The van der Waals surface area contributed by atoms with Crippen LogP contribution in [-0.2, 0) is 0 Å². The Morgan fingerprint density at radius 1 is 0.560 bits per heavy atom. The molecule has 0 saturated heterocycles. The van der Waals surface area contributed by atoms with Crippen LogP contribution in [0.25, 0.3) is 21.5 Å². The molecule has 2 heterocycles. The van der Waals surface area contributed by atoms with E-state index in [1.165, 1.54) is 10.8 Å². The molecule has 0 aliphatic carbocycles. The largest absolute Gasteiger partial charge is 0.470 e. The molecular formula is C22H15NO2. The molecule has 2 bridgehead atoms. The zero-order valence-corrected chi connectivity index (χ0v) is 13.4. The minimum absolute atomic E-state index is 0.198. The number of hydrogen-bond acceptors (Lipinski definition) is 3. The predicted octanol–water partition coefficient (Wildman–Crippen LogP) is 5.06. The fourth-order valence-corrected chi connectivity index (χ4v) is 3.94. The lowest BCUT2D eigenvalue weighted by Gasteiger charge is -2.39. The Labute approximate surface area is 144 Å². The molecule has 2 aliphatic rings. The highest BCUT2D eigenvalue weighted by Crippen LogP contribution is 2.48. The minimum atomic E-state index is -0.198. The second kappa shape index (κ2) is 4.74. The molecule has 0 radical (unpaired) electrons. The van der Waals surface area contributed by atoms with E-state index in [2.05, 4.69) is 66.0 Å². The average Bonchev–Trinajstić information content (AvgIpc) is 2.68. The van der Waals surface area contributed by atoms with Gasteiger partial charge in [-0.05, 0) is 22.9 Å². The fraction of sp³-hybridized carbons (Fsp3) is 0.0909. The molecule has 3 nitrogen and oxygen atoms in total. The molecule has 6 rings (SSSR count). The molecule has 3 heteroatoms. The maximum absolute atomic E-state index is 6.40. The van der Waals surface area contributed by atoms with Crippen molar-refractivity contribution in [1.29, 1.82) is 0 Å². The maximum atomic E-state index is 6.40. The lowest BCUT2D eigenvalue weighted by molar-refractivity contribution is 0.0190. The van der Waals surface area contributed by atoms with E-state index in [1.807, 2.05) is 12.1 Å². The quantitative estimate of drug-likeness (QED) is 0.490. The molecule has 0 spiro atoms. The highest BCUT2D eigenvalue weighted by molar-refractivity contribution is 5.92. The molecule has 2 aliphatic heterocycles. The summed E-state index contributed by atoms with van der Waals surface area (Å²) in [4.78, 5) is 0. The Morgan fingerprint density at radius 3 is 1.56 bits per heavy atom. The highest BCUT2D eigenvalue weighted by atomic mass is 16.5. The minimum Gasteiger partial charge on any atom is -0.470 e. The molecule has 25 heavy (non-hydrogen) atoms. The van der Waals surface area contributed by atoms with Crippen molar-refractivity contribution in [3.8, 4) is 11.5 Å². The van der Waals surface area contributed by atoms with Crippen LogP contribution in [0.5, 0.6) is 11.5 Å². The van der Waals surface area contributed by atoms with Crippen molar-refractivity contribution >= 4 is 21.5 Å². The van der Waals surface area contributed by atoms with Crippen molar-refractivity contribution in [2.75, 3.05) is 0 Å². The summed E-state index contributed by atoms with van der Waals surface area (Å²) >= 11 is 0. The second-order valence-corrected chi connectivity index (χ2v) is 6.57. The van der Waals surface area contributed by atoms with E-state index >= 15 is 0 Å². The Hall–Kier alpha value is -3.04. The van der Waals surface area contributed by atoms with E-state index in [0.717, 1.165) is 33.4 Å². The van der Waals surface area contributed by atoms with Gasteiger partial charge in [0.15, 0.2) is 12.5 Å². The van der Waals surface area contributed by atoms with Crippen molar-refractivity contribution in [3.05, 3.63) is 83.9 Å². The van der Waals surface area contributed by atoms with Crippen LogP contribution < -0.4 is 14.8 Å². The van der Waals surface area contributed by atoms with Crippen molar-refractivity contribution in [2.24, 2.45) is 0 Å². The average molecular weight is 325 g/mol. The first kappa shape index (κ1) is 13.3. The number of fused-ring (bicyclic) bond motifs is 10. The summed E-state index contributed by atoms with van der Waals surface area (Å²) in [5.41, 5.74) is 2.10. The topological polar surface area (TPSA) is 30.5 Å². The third kappa shape index (κ3) is 1.79. The molecule has 2 unspecified atom stereocenters. The number of benzene rings is 4. The van der Waals surface area contributed by atoms with Gasteiger partial charge in [-0.1, -0.05) is 60.7 Å². The number of rotatable bonds is 0. The van der Waals surface area contributed by atoms with E-state index < -0.39 is 0 Å². The van der Waals surface area contributed by atoms with Gasteiger partial charge in [0.25, 0.3) is 0 Å². The second-order valence-electron chi connectivity index (χ2n) is 6.57. The Kier molecular flexibility index (Phi) is 2.52. The van der Waals surface area contributed by atoms with Crippen molar-refractivity contribution in [2.45, 2.75) is 12.5 Å². The third-order valence-corrected chi connectivity index (χ3v) is 5.16. The van der Waals surface area contributed by atoms with Gasteiger partial charge in [0.1, 0.15) is 11.5 Å². The molecule has 0 amide bonds. The SMILES string of the molecule is c1ccc2c3c(ccc2c1)C1NC(O3)c2ccc3ccccc3c2O1. The molecule has 4 aromatic carbocycles. The fourth-order valence-electron chi connectivity index (χ4n) is 3.94.